The topological polar surface area (TPSA) is 83.6 Å². The largest absolute Gasteiger partial charge is 0.298 e. The van der Waals surface area contributed by atoms with Crippen molar-refractivity contribution in [3.8, 4) is 10.6 Å². The van der Waals surface area contributed by atoms with Crippen molar-refractivity contribution in [1.82, 2.24) is 20.2 Å². The summed E-state index contributed by atoms with van der Waals surface area (Å²) in [6.45, 7) is 0. The molecule has 130 valence electrons. The number of carbonyl (C=O) groups excluding carboxylic acids is 1. The van der Waals surface area contributed by atoms with Gasteiger partial charge in [0, 0.05) is 16.7 Å². The zero-order valence-electron chi connectivity index (χ0n) is 13.4. The Balaban J connectivity index is 1.37. The van der Waals surface area contributed by atoms with Gasteiger partial charge in [0.25, 0.3) is 5.91 Å². The zero-order valence-corrected chi connectivity index (χ0v) is 15.8. The van der Waals surface area contributed by atoms with Gasteiger partial charge in [0.2, 0.25) is 0 Å². The van der Waals surface area contributed by atoms with Crippen LogP contribution in [0.3, 0.4) is 0 Å². The number of rotatable bonds is 6. The molecule has 0 saturated carbocycles. The van der Waals surface area contributed by atoms with E-state index in [2.05, 4.69) is 25.5 Å². The molecule has 6 nitrogen and oxygen atoms in total. The van der Waals surface area contributed by atoms with Crippen molar-refractivity contribution in [2.45, 2.75) is 10.9 Å². The number of thioether (sulfide) groups is 1. The van der Waals surface area contributed by atoms with Crippen LogP contribution < -0.4 is 5.32 Å². The molecule has 9 heteroatoms. The maximum atomic E-state index is 12.4. The van der Waals surface area contributed by atoms with Crippen LogP contribution in [0.4, 0.5) is 5.13 Å². The highest BCUT2D eigenvalue weighted by molar-refractivity contribution is 7.98. The van der Waals surface area contributed by atoms with Gasteiger partial charge in [0.05, 0.1) is 10.6 Å². The van der Waals surface area contributed by atoms with E-state index in [-0.39, 0.29) is 5.91 Å². The van der Waals surface area contributed by atoms with Crippen LogP contribution in [-0.2, 0) is 5.75 Å². The Morgan fingerprint density at radius 3 is 2.81 bits per heavy atom. The first-order valence-electron chi connectivity index (χ1n) is 7.66. The fourth-order valence-electron chi connectivity index (χ4n) is 2.21. The van der Waals surface area contributed by atoms with Gasteiger partial charge >= 0.3 is 0 Å². The molecule has 0 aliphatic heterocycles. The quantitative estimate of drug-likeness (QED) is 0.465. The number of aromatic nitrogens is 4. The van der Waals surface area contributed by atoms with Crippen LogP contribution in [0, 0.1) is 0 Å². The van der Waals surface area contributed by atoms with Gasteiger partial charge in [0.15, 0.2) is 10.3 Å². The molecule has 3 heterocycles. The third kappa shape index (κ3) is 4.01. The maximum Gasteiger partial charge on any atom is 0.257 e. The van der Waals surface area contributed by atoms with E-state index in [0.29, 0.717) is 10.7 Å². The first kappa shape index (κ1) is 17.0. The number of thiazole rings is 1. The van der Waals surface area contributed by atoms with Crippen molar-refractivity contribution >= 4 is 45.5 Å². The molecule has 0 spiro atoms. The van der Waals surface area contributed by atoms with E-state index < -0.39 is 0 Å². The fourth-order valence-corrected chi connectivity index (χ4v) is 4.41. The zero-order chi connectivity index (χ0) is 17.8. The molecular formula is C17H13N5OS3. The molecule has 2 N–H and O–H groups in total. The Labute approximate surface area is 161 Å². The summed E-state index contributed by atoms with van der Waals surface area (Å²) < 4.78 is 0. The number of hydrogen-bond acceptors (Lipinski definition) is 7. The van der Waals surface area contributed by atoms with Gasteiger partial charge in [-0.25, -0.2) is 9.97 Å². The summed E-state index contributed by atoms with van der Waals surface area (Å²) in [5, 5.41) is 14.8. The van der Waals surface area contributed by atoms with Gasteiger partial charge in [-0.2, -0.15) is 5.10 Å². The molecule has 1 aromatic carbocycles. The van der Waals surface area contributed by atoms with Gasteiger partial charge in [-0.3, -0.25) is 15.2 Å². The van der Waals surface area contributed by atoms with Crippen molar-refractivity contribution in [3.05, 3.63) is 64.6 Å². The number of benzene rings is 1. The van der Waals surface area contributed by atoms with E-state index in [1.54, 1.807) is 23.1 Å². The normalized spacial score (nSPS) is 10.8. The first-order valence-corrected chi connectivity index (χ1v) is 10.4. The number of nitrogens with one attached hydrogen (secondary N) is 2. The van der Waals surface area contributed by atoms with E-state index in [9.17, 15) is 4.79 Å². The van der Waals surface area contributed by atoms with Gasteiger partial charge < -0.3 is 0 Å². The summed E-state index contributed by atoms with van der Waals surface area (Å²) in [5.74, 6) is 0.597. The second-order valence-electron chi connectivity index (χ2n) is 5.25. The average Bonchev–Trinajstić information content (AvgIpc) is 3.41. The number of amides is 1. The van der Waals surface area contributed by atoms with Gasteiger partial charge in [-0.05, 0) is 29.1 Å². The van der Waals surface area contributed by atoms with Crippen molar-refractivity contribution in [3.63, 3.8) is 0 Å². The SMILES string of the molecule is O=C(Nc1nc(-c2cccs2)cs1)c1ccc(CSc2ncn[nH]2)cc1. The third-order valence-corrected chi connectivity index (χ3v) is 6.08. The molecule has 3 aromatic heterocycles. The molecule has 1 amide bonds. The molecule has 0 saturated heterocycles. The molecule has 0 radical (unpaired) electrons. The summed E-state index contributed by atoms with van der Waals surface area (Å²) in [7, 11) is 0. The molecular weight excluding hydrogens is 386 g/mol. The Morgan fingerprint density at radius 2 is 2.08 bits per heavy atom. The minimum absolute atomic E-state index is 0.161. The van der Waals surface area contributed by atoms with Crippen LogP contribution in [0.15, 0.2) is 58.6 Å². The Kier molecular flexibility index (Phi) is 5.09. The molecule has 0 unspecified atom stereocenters. The smallest absolute Gasteiger partial charge is 0.257 e. The predicted octanol–water partition coefficient (Wildman–Crippen LogP) is 4.53. The summed E-state index contributed by atoms with van der Waals surface area (Å²) in [5.41, 5.74) is 2.60. The lowest BCUT2D eigenvalue weighted by Gasteiger charge is -2.03. The Morgan fingerprint density at radius 1 is 1.19 bits per heavy atom. The highest BCUT2D eigenvalue weighted by Crippen LogP contribution is 2.28. The molecule has 0 bridgehead atoms. The number of thiophene rings is 1. The van der Waals surface area contributed by atoms with Gasteiger partial charge in [-0.15, -0.1) is 22.7 Å². The lowest BCUT2D eigenvalue weighted by molar-refractivity contribution is 0.102. The fraction of sp³-hybridized carbons (Fsp3) is 0.0588. The van der Waals surface area contributed by atoms with Crippen LogP contribution >= 0.6 is 34.4 Å². The maximum absolute atomic E-state index is 12.4. The first-order chi connectivity index (χ1) is 12.8. The Hall–Kier alpha value is -2.49. The van der Waals surface area contributed by atoms with Crippen molar-refractivity contribution in [2.75, 3.05) is 5.32 Å². The van der Waals surface area contributed by atoms with E-state index in [1.165, 1.54) is 17.7 Å². The monoisotopic (exact) mass is 399 g/mol. The second-order valence-corrected chi connectivity index (χ2v) is 8.02. The molecule has 0 aliphatic carbocycles. The molecule has 0 aliphatic rings. The van der Waals surface area contributed by atoms with Crippen LogP contribution in [0.5, 0.6) is 0 Å². The Bertz CT molecular complexity index is 978. The van der Waals surface area contributed by atoms with Crippen LogP contribution in [0.1, 0.15) is 15.9 Å². The molecule has 4 rings (SSSR count). The van der Waals surface area contributed by atoms with E-state index in [1.807, 2.05) is 47.2 Å². The number of H-pyrrole nitrogens is 1. The van der Waals surface area contributed by atoms with Gasteiger partial charge in [0.1, 0.15) is 6.33 Å². The number of hydrogen-bond donors (Lipinski definition) is 2. The van der Waals surface area contributed by atoms with E-state index in [4.69, 9.17) is 0 Å². The summed E-state index contributed by atoms with van der Waals surface area (Å²) in [6.07, 6.45) is 1.48. The van der Waals surface area contributed by atoms with Crippen LogP contribution in [0.25, 0.3) is 10.6 Å². The predicted molar refractivity (Wildman–Crippen MR) is 106 cm³/mol. The van der Waals surface area contributed by atoms with Gasteiger partial charge in [-0.1, -0.05) is 30.0 Å². The summed E-state index contributed by atoms with van der Waals surface area (Å²) in [6, 6.07) is 11.5. The second kappa shape index (κ2) is 7.81. The third-order valence-electron chi connectivity index (χ3n) is 3.48. The molecule has 26 heavy (non-hydrogen) atoms. The lowest BCUT2D eigenvalue weighted by Crippen LogP contribution is -2.11. The highest BCUT2D eigenvalue weighted by atomic mass is 32.2. The van der Waals surface area contributed by atoms with E-state index in [0.717, 1.165) is 27.0 Å². The summed E-state index contributed by atoms with van der Waals surface area (Å²) in [4.78, 5) is 22.0. The average molecular weight is 400 g/mol. The van der Waals surface area contributed by atoms with Crippen LogP contribution in [-0.4, -0.2) is 26.1 Å². The number of nitrogens with zero attached hydrogens (tertiary/aromatic N) is 3. The minimum Gasteiger partial charge on any atom is -0.298 e. The highest BCUT2D eigenvalue weighted by Gasteiger charge is 2.10. The standard InChI is InChI=1S/C17H13N5OS3/c23-15(21-17-20-13(9-26-17)14-2-1-7-24-14)12-5-3-11(4-6-12)8-25-16-18-10-19-22-16/h1-7,9-10H,8H2,(H,18,19,22)(H,20,21,23). The van der Waals surface area contributed by atoms with Crippen molar-refractivity contribution < 1.29 is 4.79 Å². The lowest BCUT2D eigenvalue weighted by atomic mass is 10.1. The number of anilines is 1. The van der Waals surface area contributed by atoms with Crippen molar-refractivity contribution in [2.24, 2.45) is 0 Å². The molecule has 4 aromatic rings. The number of carbonyl (C=O) groups is 1. The molecule has 0 atom stereocenters. The van der Waals surface area contributed by atoms with E-state index >= 15 is 0 Å². The number of aromatic amines is 1. The molecule has 0 fully saturated rings. The minimum atomic E-state index is -0.161. The van der Waals surface area contributed by atoms with Crippen LogP contribution in [0.2, 0.25) is 0 Å². The van der Waals surface area contributed by atoms with Crippen molar-refractivity contribution in [1.29, 1.82) is 0 Å². The summed E-state index contributed by atoms with van der Waals surface area (Å²) >= 11 is 4.61.